The maximum atomic E-state index is 10.7. The van der Waals surface area contributed by atoms with Crippen LogP contribution in [-0.2, 0) is 6.54 Å². The van der Waals surface area contributed by atoms with Crippen molar-refractivity contribution in [1.29, 1.82) is 0 Å². The third-order valence-electron chi connectivity index (χ3n) is 2.71. The number of thioether (sulfide) groups is 1. The number of nitrogens with zero attached hydrogens (tertiary/aromatic N) is 2. The van der Waals surface area contributed by atoms with E-state index in [1.165, 1.54) is 0 Å². The monoisotopic (exact) mass is 250 g/mol. The second-order valence-electron chi connectivity index (χ2n) is 3.86. The van der Waals surface area contributed by atoms with Crippen LogP contribution in [0.15, 0.2) is 30.5 Å². The summed E-state index contributed by atoms with van der Waals surface area (Å²) in [5, 5.41) is 11.6. The summed E-state index contributed by atoms with van der Waals surface area (Å²) in [7, 11) is 0. The summed E-state index contributed by atoms with van der Waals surface area (Å²) in [6, 6.07) is 6.95. The van der Waals surface area contributed by atoms with Crippen molar-refractivity contribution in [3.8, 4) is 0 Å². The van der Waals surface area contributed by atoms with Gasteiger partial charge in [-0.3, -0.25) is 10.1 Å². The van der Waals surface area contributed by atoms with Gasteiger partial charge in [0.2, 0.25) is 0 Å². The molecule has 17 heavy (non-hydrogen) atoms. The molecular formula is C12H14N2O2S. The molecule has 0 bridgehead atoms. The Labute approximate surface area is 104 Å². The van der Waals surface area contributed by atoms with Crippen LogP contribution in [0.1, 0.15) is 6.42 Å². The summed E-state index contributed by atoms with van der Waals surface area (Å²) in [6.07, 6.45) is 5.20. The van der Waals surface area contributed by atoms with E-state index in [-0.39, 0.29) is 10.6 Å². The topological polar surface area (TPSA) is 48.1 Å². The molecule has 0 aliphatic heterocycles. The van der Waals surface area contributed by atoms with Gasteiger partial charge in [0, 0.05) is 35.8 Å². The summed E-state index contributed by atoms with van der Waals surface area (Å²) in [4.78, 5) is 10.3. The number of hydrogen-bond acceptors (Lipinski definition) is 3. The van der Waals surface area contributed by atoms with Crippen LogP contribution in [0, 0.1) is 10.1 Å². The molecule has 0 N–H and O–H groups in total. The summed E-state index contributed by atoms with van der Waals surface area (Å²) in [5.41, 5.74) is 1.22. The van der Waals surface area contributed by atoms with Crippen molar-refractivity contribution in [1.82, 2.24) is 4.57 Å². The highest BCUT2D eigenvalue weighted by atomic mass is 32.2. The largest absolute Gasteiger partial charge is 0.347 e. The first-order valence-electron chi connectivity index (χ1n) is 5.44. The smallest absolute Gasteiger partial charge is 0.270 e. The molecule has 0 atom stereocenters. The number of benzene rings is 1. The lowest BCUT2D eigenvalue weighted by atomic mass is 10.2. The molecule has 1 heterocycles. The van der Waals surface area contributed by atoms with Crippen molar-refractivity contribution < 1.29 is 4.92 Å². The van der Waals surface area contributed by atoms with Crippen LogP contribution in [-0.4, -0.2) is 21.5 Å². The van der Waals surface area contributed by atoms with E-state index in [2.05, 4.69) is 10.8 Å². The van der Waals surface area contributed by atoms with E-state index in [0.29, 0.717) is 0 Å². The first kappa shape index (κ1) is 12.0. The van der Waals surface area contributed by atoms with Crippen LogP contribution in [0.5, 0.6) is 0 Å². The Morgan fingerprint density at radius 3 is 2.94 bits per heavy atom. The molecule has 0 amide bonds. The van der Waals surface area contributed by atoms with Gasteiger partial charge in [0.25, 0.3) is 5.69 Å². The Morgan fingerprint density at radius 2 is 2.24 bits per heavy atom. The van der Waals surface area contributed by atoms with Crippen molar-refractivity contribution in [2.45, 2.75) is 13.0 Å². The van der Waals surface area contributed by atoms with Crippen molar-refractivity contribution >= 4 is 28.4 Å². The van der Waals surface area contributed by atoms with Gasteiger partial charge in [-0.15, -0.1) is 0 Å². The predicted octanol–water partition coefficient (Wildman–Crippen LogP) is 3.30. The van der Waals surface area contributed by atoms with Crippen molar-refractivity contribution in [3.05, 3.63) is 40.6 Å². The summed E-state index contributed by atoms with van der Waals surface area (Å²) in [5.74, 6) is 1.13. The molecule has 0 aliphatic rings. The molecule has 0 radical (unpaired) electrons. The summed E-state index contributed by atoms with van der Waals surface area (Å²) >= 11 is 1.83. The fourth-order valence-corrected chi connectivity index (χ4v) is 2.29. The molecule has 0 fully saturated rings. The van der Waals surface area contributed by atoms with Gasteiger partial charge in [0.1, 0.15) is 0 Å². The molecule has 2 rings (SSSR count). The first-order chi connectivity index (χ1) is 8.22. The molecule has 1 aromatic carbocycles. The maximum absolute atomic E-state index is 10.7. The minimum Gasteiger partial charge on any atom is -0.347 e. The summed E-state index contributed by atoms with van der Waals surface area (Å²) < 4.78 is 2.15. The minimum atomic E-state index is -0.357. The van der Waals surface area contributed by atoms with Crippen molar-refractivity contribution in [3.63, 3.8) is 0 Å². The number of non-ortho nitro benzene ring substituents is 1. The zero-order valence-electron chi connectivity index (χ0n) is 9.63. The molecule has 5 heteroatoms. The lowest BCUT2D eigenvalue weighted by molar-refractivity contribution is -0.384. The first-order valence-corrected chi connectivity index (χ1v) is 6.84. The number of fused-ring (bicyclic) bond motifs is 1. The van der Waals surface area contributed by atoms with E-state index in [9.17, 15) is 10.1 Å². The zero-order chi connectivity index (χ0) is 12.3. The van der Waals surface area contributed by atoms with Crippen LogP contribution in [0.2, 0.25) is 0 Å². The highest BCUT2D eigenvalue weighted by molar-refractivity contribution is 7.98. The van der Waals surface area contributed by atoms with Gasteiger partial charge in [-0.2, -0.15) is 11.8 Å². The minimum absolute atomic E-state index is 0.152. The third kappa shape index (κ3) is 2.61. The zero-order valence-corrected chi connectivity index (χ0v) is 10.4. The second-order valence-corrected chi connectivity index (χ2v) is 4.84. The molecule has 2 aromatic rings. The van der Waals surface area contributed by atoms with Crippen LogP contribution in [0.3, 0.4) is 0 Å². The van der Waals surface area contributed by atoms with Gasteiger partial charge in [-0.05, 0) is 30.6 Å². The van der Waals surface area contributed by atoms with Crippen LogP contribution in [0.25, 0.3) is 10.9 Å². The molecule has 0 spiro atoms. The lowest BCUT2D eigenvalue weighted by Crippen LogP contribution is -1.97. The fourth-order valence-electron chi connectivity index (χ4n) is 1.88. The van der Waals surface area contributed by atoms with Gasteiger partial charge < -0.3 is 4.57 Å². The molecular weight excluding hydrogens is 236 g/mol. The van der Waals surface area contributed by atoms with E-state index in [1.54, 1.807) is 12.1 Å². The average Bonchev–Trinajstić information content (AvgIpc) is 2.72. The second kappa shape index (κ2) is 5.23. The predicted molar refractivity (Wildman–Crippen MR) is 71.6 cm³/mol. The van der Waals surface area contributed by atoms with Gasteiger partial charge in [0.15, 0.2) is 0 Å². The molecule has 0 unspecified atom stereocenters. The number of rotatable bonds is 5. The standard InChI is InChI=1S/C12H14N2O2S/c1-17-8-2-6-13-7-5-10-9-11(14(15)16)3-4-12(10)13/h3-5,7,9H,2,6,8H2,1H3. The molecule has 0 saturated heterocycles. The molecule has 4 nitrogen and oxygen atoms in total. The van der Waals surface area contributed by atoms with Crippen LogP contribution < -0.4 is 0 Å². The van der Waals surface area contributed by atoms with Crippen molar-refractivity contribution in [2.24, 2.45) is 0 Å². The number of aromatic nitrogens is 1. The van der Waals surface area contributed by atoms with Crippen LogP contribution >= 0.6 is 11.8 Å². The van der Waals surface area contributed by atoms with Gasteiger partial charge in [-0.25, -0.2) is 0 Å². The van der Waals surface area contributed by atoms with Crippen LogP contribution in [0.4, 0.5) is 5.69 Å². The Morgan fingerprint density at radius 1 is 1.41 bits per heavy atom. The highest BCUT2D eigenvalue weighted by Gasteiger charge is 2.08. The van der Waals surface area contributed by atoms with Gasteiger partial charge in [-0.1, -0.05) is 0 Å². The third-order valence-corrected chi connectivity index (χ3v) is 3.41. The Balaban J connectivity index is 2.25. The highest BCUT2D eigenvalue weighted by Crippen LogP contribution is 2.22. The lowest BCUT2D eigenvalue weighted by Gasteiger charge is -2.04. The Hall–Kier alpha value is -1.49. The average molecular weight is 250 g/mol. The normalized spacial score (nSPS) is 10.9. The molecule has 1 aromatic heterocycles. The Bertz CT molecular complexity index is 536. The number of hydrogen-bond donors (Lipinski definition) is 0. The SMILES string of the molecule is CSCCCn1ccc2cc([N+](=O)[O-])ccc21. The Kier molecular flexibility index (Phi) is 3.68. The van der Waals surface area contributed by atoms with E-state index in [1.807, 2.05) is 30.1 Å². The van der Waals surface area contributed by atoms with Crippen molar-refractivity contribution in [2.75, 3.05) is 12.0 Å². The van der Waals surface area contributed by atoms with E-state index in [0.717, 1.165) is 29.6 Å². The maximum Gasteiger partial charge on any atom is 0.270 e. The number of nitro groups is 1. The quantitative estimate of drug-likeness (QED) is 0.464. The molecule has 0 aliphatic carbocycles. The fraction of sp³-hybridized carbons (Fsp3) is 0.333. The summed E-state index contributed by atoms with van der Waals surface area (Å²) in [6.45, 7) is 0.960. The molecule has 0 saturated carbocycles. The van der Waals surface area contributed by atoms with Gasteiger partial charge in [0.05, 0.1) is 4.92 Å². The number of aryl methyl sites for hydroxylation is 1. The molecule has 90 valence electrons. The van der Waals surface area contributed by atoms with Gasteiger partial charge >= 0.3 is 0 Å². The number of nitro benzene ring substituents is 1. The van der Waals surface area contributed by atoms with E-state index in [4.69, 9.17) is 0 Å². The van der Waals surface area contributed by atoms with E-state index < -0.39 is 0 Å². The van der Waals surface area contributed by atoms with E-state index >= 15 is 0 Å².